The summed E-state index contributed by atoms with van der Waals surface area (Å²) in [6.45, 7) is 6.29. The van der Waals surface area contributed by atoms with Crippen molar-refractivity contribution in [1.82, 2.24) is 9.97 Å². The maximum Gasteiger partial charge on any atom is 0.258 e. The summed E-state index contributed by atoms with van der Waals surface area (Å²) in [6.07, 6.45) is 2.92. The molecule has 1 heterocycles. The number of anilines is 3. The molecule has 140 valence electrons. The first kappa shape index (κ1) is 19.1. The molecule has 0 radical (unpaired) electrons. The third-order valence-corrected chi connectivity index (χ3v) is 4.19. The molecular weight excluding hydrogens is 350 g/mol. The van der Waals surface area contributed by atoms with E-state index < -0.39 is 0 Å². The molecule has 1 aromatic heterocycles. The largest absolute Gasteiger partial charge is 0.323 e. The number of para-hydroxylation sites is 2. The summed E-state index contributed by atoms with van der Waals surface area (Å²) >= 11 is 0. The van der Waals surface area contributed by atoms with Gasteiger partial charge in [-0.15, -0.1) is 0 Å². The third kappa shape index (κ3) is 4.33. The normalized spacial score (nSPS) is 10.8. The van der Waals surface area contributed by atoms with Gasteiger partial charge >= 0.3 is 0 Å². The molecule has 0 aliphatic rings. The fourth-order valence-electron chi connectivity index (χ4n) is 2.76. The molecule has 0 aliphatic carbocycles. The molecule has 2 N–H and O–H groups in total. The van der Waals surface area contributed by atoms with Crippen molar-refractivity contribution < 1.29 is 4.79 Å². The Balaban J connectivity index is 1.76. The molecule has 3 rings (SSSR count). The first-order chi connectivity index (χ1) is 13.4. The minimum absolute atomic E-state index is 0.0950. The third-order valence-electron chi connectivity index (χ3n) is 4.19. The number of hydrogen-bond acceptors (Lipinski definition) is 5. The zero-order valence-electron chi connectivity index (χ0n) is 16.0. The predicted octanol–water partition coefficient (Wildman–Crippen LogP) is 4.64. The lowest BCUT2D eigenvalue weighted by molar-refractivity contribution is 0.102. The van der Waals surface area contributed by atoms with Gasteiger partial charge in [0.2, 0.25) is 5.95 Å². The molecule has 3 aromatic rings. The molecule has 0 aliphatic heterocycles. The van der Waals surface area contributed by atoms with Crippen LogP contribution in [0.4, 0.5) is 17.3 Å². The topological polar surface area (TPSA) is 90.7 Å². The molecule has 0 bridgehead atoms. The van der Waals surface area contributed by atoms with Crippen LogP contribution in [0, 0.1) is 11.3 Å². The van der Waals surface area contributed by atoms with Crippen molar-refractivity contribution in [1.29, 1.82) is 5.26 Å². The predicted molar refractivity (Wildman–Crippen MR) is 110 cm³/mol. The summed E-state index contributed by atoms with van der Waals surface area (Å²) in [5.74, 6) is 0.0371. The van der Waals surface area contributed by atoms with E-state index >= 15 is 0 Å². The molecule has 28 heavy (non-hydrogen) atoms. The summed E-state index contributed by atoms with van der Waals surface area (Å²) in [5, 5.41) is 15.1. The number of amides is 1. The van der Waals surface area contributed by atoms with Crippen molar-refractivity contribution in [2.45, 2.75) is 26.2 Å². The van der Waals surface area contributed by atoms with Crippen molar-refractivity contribution in [2.24, 2.45) is 0 Å². The number of nitrogens with one attached hydrogen (secondary N) is 2. The average Bonchev–Trinajstić information content (AvgIpc) is 2.68. The highest BCUT2D eigenvalue weighted by atomic mass is 16.1. The summed E-state index contributed by atoms with van der Waals surface area (Å²) in [6, 6.07) is 16.9. The fraction of sp³-hybridized carbons (Fsp3) is 0.182. The number of aromatic nitrogens is 2. The number of nitriles is 1. The van der Waals surface area contributed by atoms with Crippen LogP contribution in [0.25, 0.3) is 0 Å². The Kier molecular flexibility index (Phi) is 5.37. The highest BCUT2D eigenvalue weighted by molar-refractivity contribution is 6.04. The van der Waals surface area contributed by atoms with Crippen LogP contribution in [-0.4, -0.2) is 15.9 Å². The van der Waals surface area contributed by atoms with E-state index in [1.54, 1.807) is 18.2 Å². The highest BCUT2D eigenvalue weighted by Crippen LogP contribution is 2.29. The van der Waals surface area contributed by atoms with E-state index in [1.165, 1.54) is 12.4 Å². The van der Waals surface area contributed by atoms with E-state index in [2.05, 4.69) is 47.4 Å². The second-order valence-corrected chi connectivity index (χ2v) is 7.33. The summed E-state index contributed by atoms with van der Waals surface area (Å²) in [4.78, 5) is 21.0. The van der Waals surface area contributed by atoms with Gasteiger partial charge < -0.3 is 10.6 Å². The summed E-state index contributed by atoms with van der Waals surface area (Å²) in [5.41, 5.74) is 3.18. The Labute approximate surface area is 164 Å². The lowest BCUT2D eigenvalue weighted by Crippen LogP contribution is -2.19. The lowest BCUT2D eigenvalue weighted by atomic mass is 9.86. The highest BCUT2D eigenvalue weighted by Gasteiger charge is 2.19. The maximum atomic E-state index is 12.6. The van der Waals surface area contributed by atoms with E-state index in [0.717, 1.165) is 11.3 Å². The zero-order valence-corrected chi connectivity index (χ0v) is 16.0. The Bertz CT molecular complexity index is 1030. The van der Waals surface area contributed by atoms with Gasteiger partial charge in [0.05, 0.1) is 16.8 Å². The molecular formula is C22H21N5O. The monoisotopic (exact) mass is 371 g/mol. The first-order valence-electron chi connectivity index (χ1n) is 8.87. The smallest absolute Gasteiger partial charge is 0.258 e. The van der Waals surface area contributed by atoms with E-state index in [9.17, 15) is 4.79 Å². The molecule has 0 spiro atoms. The molecule has 1 amide bonds. The molecule has 2 aromatic carbocycles. The van der Waals surface area contributed by atoms with Crippen LogP contribution in [0.1, 0.15) is 42.3 Å². The zero-order chi connectivity index (χ0) is 20.1. The number of rotatable bonds is 4. The van der Waals surface area contributed by atoms with Gasteiger partial charge in [0, 0.05) is 18.1 Å². The van der Waals surface area contributed by atoms with Crippen LogP contribution in [0.5, 0.6) is 0 Å². The van der Waals surface area contributed by atoms with E-state index in [1.807, 2.05) is 30.3 Å². The second kappa shape index (κ2) is 7.89. The van der Waals surface area contributed by atoms with Gasteiger partial charge in [0.25, 0.3) is 5.91 Å². The van der Waals surface area contributed by atoms with Crippen LogP contribution >= 0.6 is 0 Å². The fourth-order valence-corrected chi connectivity index (χ4v) is 2.76. The van der Waals surface area contributed by atoms with Crippen molar-refractivity contribution in [3.63, 3.8) is 0 Å². The molecule has 0 atom stereocenters. The first-order valence-corrected chi connectivity index (χ1v) is 8.87. The van der Waals surface area contributed by atoms with Gasteiger partial charge in [-0.1, -0.05) is 51.1 Å². The Morgan fingerprint density at radius 3 is 2.21 bits per heavy atom. The Morgan fingerprint density at radius 2 is 1.57 bits per heavy atom. The van der Waals surface area contributed by atoms with Crippen LogP contribution < -0.4 is 10.6 Å². The van der Waals surface area contributed by atoms with Crippen LogP contribution in [0.15, 0.2) is 60.9 Å². The number of carbonyl (C=O) groups is 1. The molecule has 0 fully saturated rings. The average molecular weight is 371 g/mol. The minimum Gasteiger partial charge on any atom is -0.323 e. The number of carbonyl (C=O) groups excluding carboxylic acids is 1. The lowest BCUT2D eigenvalue weighted by Gasteiger charge is -2.23. The summed E-state index contributed by atoms with van der Waals surface area (Å²) < 4.78 is 0. The Hall–Kier alpha value is -3.72. The number of benzene rings is 2. The molecule has 0 unspecified atom stereocenters. The Morgan fingerprint density at radius 1 is 0.964 bits per heavy atom. The van der Waals surface area contributed by atoms with E-state index in [-0.39, 0.29) is 11.3 Å². The van der Waals surface area contributed by atoms with Crippen LogP contribution in [-0.2, 0) is 5.41 Å². The quantitative estimate of drug-likeness (QED) is 0.697. The van der Waals surface area contributed by atoms with E-state index in [0.29, 0.717) is 22.8 Å². The van der Waals surface area contributed by atoms with Gasteiger partial charge in [-0.25, -0.2) is 9.97 Å². The molecule has 6 heteroatoms. The summed E-state index contributed by atoms with van der Waals surface area (Å²) in [7, 11) is 0. The van der Waals surface area contributed by atoms with Crippen molar-refractivity contribution in [3.05, 3.63) is 77.6 Å². The van der Waals surface area contributed by atoms with Gasteiger partial charge in [-0.3, -0.25) is 4.79 Å². The van der Waals surface area contributed by atoms with Crippen molar-refractivity contribution >= 4 is 23.2 Å². The standard InChI is InChI=1S/C22H21N5O/c1-22(2,3)17-9-5-7-11-19(17)26-20(28)16-13-24-21(25-14-16)27-18-10-6-4-8-15(18)12-23/h4-11,13-14H,1-3H3,(H,26,28)(H,24,25,27). The van der Waals surface area contributed by atoms with Crippen molar-refractivity contribution in [3.8, 4) is 6.07 Å². The van der Waals surface area contributed by atoms with Gasteiger partial charge in [0.1, 0.15) is 6.07 Å². The van der Waals surface area contributed by atoms with Crippen LogP contribution in [0.3, 0.4) is 0 Å². The van der Waals surface area contributed by atoms with Crippen LogP contribution in [0.2, 0.25) is 0 Å². The SMILES string of the molecule is CC(C)(C)c1ccccc1NC(=O)c1cnc(Nc2ccccc2C#N)nc1. The number of nitrogens with zero attached hydrogens (tertiary/aromatic N) is 3. The molecule has 0 saturated heterocycles. The minimum atomic E-state index is -0.277. The second-order valence-electron chi connectivity index (χ2n) is 7.33. The maximum absolute atomic E-state index is 12.6. The van der Waals surface area contributed by atoms with Crippen molar-refractivity contribution in [2.75, 3.05) is 10.6 Å². The van der Waals surface area contributed by atoms with Gasteiger partial charge in [-0.05, 0) is 29.2 Å². The number of hydrogen-bond donors (Lipinski definition) is 2. The molecule has 6 nitrogen and oxygen atoms in total. The van der Waals surface area contributed by atoms with Gasteiger partial charge in [0.15, 0.2) is 0 Å². The molecule has 0 saturated carbocycles. The van der Waals surface area contributed by atoms with E-state index in [4.69, 9.17) is 5.26 Å². The van der Waals surface area contributed by atoms with Gasteiger partial charge in [-0.2, -0.15) is 5.26 Å².